The van der Waals surface area contributed by atoms with E-state index in [9.17, 15) is 24.0 Å². The Morgan fingerprint density at radius 1 is 0.935 bits per heavy atom. The normalized spacial score (nSPS) is 34.3. The third-order valence-electron chi connectivity index (χ3n) is 12.7. The van der Waals surface area contributed by atoms with Crippen molar-refractivity contribution in [3.8, 4) is 0 Å². The number of carbonyl (C=O) groups is 5. The Balaban J connectivity index is 1.13. The summed E-state index contributed by atoms with van der Waals surface area (Å²) in [4.78, 5) is 68.5. The maximum Gasteiger partial charge on any atom is 0.315 e. The van der Waals surface area contributed by atoms with Crippen LogP contribution in [0.3, 0.4) is 0 Å². The Hall–Kier alpha value is -3.43. The van der Waals surface area contributed by atoms with Gasteiger partial charge in [-0.1, -0.05) is 51.5 Å². The summed E-state index contributed by atoms with van der Waals surface area (Å²) in [5, 5.41) is 9.34. The number of nitrogens with two attached hydrogens (primary N) is 1. The number of piperidine rings is 1. The van der Waals surface area contributed by atoms with E-state index in [4.69, 9.17) is 5.73 Å². The summed E-state index contributed by atoms with van der Waals surface area (Å²) in [7, 11) is 0. The SMILES string of the molecule is CCCC(NC(=O)[C@@H]1C2C(CN1C(=O)[C@@H](NC(=O)NC13CC4CC(CC(C4)C1)C3)C1Cc3ccccc3C1)C2(C)C)C(=O)C(N)=O. The lowest BCUT2D eigenvalue weighted by Crippen LogP contribution is -2.64. The standard InChI is InChI=1S/C36H49N5O5/c1-4-7-26(30(42)31(37)43)38-32(44)29-27-25(35(27,2)3)18-41(29)33(45)28(24-13-22-8-5-6-9-23(22)14-24)39-34(46)40-36-15-19-10-20(16-36)12-21(11-19)17-36/h5-6,8-9,19-21,24-29H,4,7,10-18H2,1-3H3,(H2,37,43)(H,38,44)(H2,39,40,46)/t19?,20?,21?,25?,26?,27?,28-,29-,36?/m0/s1. The number of amides is 5. The number of rotatable bonds is 10. The summed E-state index contributed by atoms with van der Waals surface area (Å²) in [5.74, 6) is -0.692. The third-order valence-corrected chi connectivity index (χ3v) is 12.7. The molecule has 6 fully saturated rings. The van der Waals surface area contributed by atoms with Crippen molar-refractivity contribution in [2.45, 2.75) is 109 Å². The van der Waals surface area contributed by atoms with Crippen LogP contribution in [0.5, 0.6) is 0 Å². The second kappa shape index (κ2) is 11.4. The van der Waals surface area contributed by atoms with Crippen LogP contribution in [0, 0.1) is 40.9 Å². The van der Waals surface area contributed by atoms with E-state index >= 15 is 0 Å². The van der Waals surface area contributed by atoms with Gasteiger partial charge in [0.15, 0.2) is 0 Å². The van der Waals surface area contributed by atoms with Crippen LogP contribution in [-0.4, -0.2) is 64.6 Å². The highest BCUT2D eigenvalue weighted by atomic mass is 16.2. The van der Waals surface area contributed by atoms with Crippen molar-refractivity contribution in [1.82, 2.24) is 20.9 Å². The fourth-order valence-corrected chi connectivity index (χ4v) is 10.9. The number of urea groups is 1. The van der Waals surface area contributed by atoms with Gasteiger partial charge in [0.25, 0.3) is 5.91 Å². The zero-order valence-electron chi connectivity index (χ0n) is 27.3. The Kier molecular flexibility index (Phi) is 7.71. The number of likely N-dealkylation sites (tertiary alicyclic amines) is 1. The molecule has 1 aromatic carbocycles. The van der Waals surface area contributed by atoms with Gasteiger partial charge in [0.05, 0.1) is 6.04 Å². The number of benzene rings is 1. The van der Waals surface area contributed by atoms with Gasteiger partial charge in [0.2, 0.25) is 17.6 Å². The van der Waals surface area contributed by atoms with Crippen LogP contribution < -0.4 is 21.7 Å². The highest BCUT2D eigenvalue weighted by molar-refractivity contribution is 6.37. The fourth-order valence-electron chi connectivity index (χ4n) is 10.9. The number of nitrogens with one attached hydrogen (secondary N) is 3. The predicted octanol–water partition coefficient (Wildman–Crippen LogP) is 2.86. The number of hydrogen-bond acceptors (Lipinski definition) is 5. The van der Waals surface area contributed by atoms with E-state index in [1.807, 2.05) is 19.1 Å². The largest absolute Gasteiger partial charge is 0.363 e. The van der Waals surface area contributed by atoms with E-state index in [0.29, 0.717) is 43.6 Å². The highest BCUT2D eigenvalue weighted by Gasteiger charge is 2.70. The topological polar surface area (TPSA) is 151 Å². The summed E-state index contributed by atoms with van der Waals surface area (Å²) in [6, 6.07) is 5.24. The van der Waals surface area contributed by atoms with Crippen LogP contribution in [0.1, 0.15) is 83.3 Å². The van der Waals surface area contributed by atoms with E-state index < -0.39 is 35.7 Å². The molecule has 248 valence electrons. The van der Waals surface area contributed by atoms with Gasteiger partial charge in [0.1, 0.15) is 12.1 Å². The summed E-state index contributed by atoms with van der Waals surface area (Å²) in [6.07, 6.45) is 9.02. The first kappa shape index (κ1) is 31.2. The average molecular weight is 632 g/mol. The van der Waals surface area contributed by atoms with Crippen LogP contribution in [0.4, 0.5) is 4.79 Å². The summed E-state index contributed by atoms with van der Waals surface area (Å²) in [6.45, 7) is 6.48. The number of hydrogen-bond donors (Lipinski definition) is 4. The summed E-state index contributed by atoms with van der Waals surface area (Å²) < 4.78 is 0. The van der Waals surface area contributed by atoms with Crippen molar-refractivity contribution in [3.63, 3.8) is 0 Å². The lowest BCUT2D eigenvalue weighted by molar-refractivity contribution is -0.144. The molecule has 7 aliphatic rings. The minimum atomic E-state index is -1.09. The Bertz CT molecular complexity index is 1400. The quantitative estimate of drug-likeness (QED) is 0.293. The van der Waals surface area contributed by atoms with Gasteiger partial charge in [-0.2, -0.15) is 0 Å². The van der Waals surface area contributed by atoms with E-state index in [2.05, 4.69) is 41.9 Å². The molecule has 5 N–H and O–H groups in total. The number of fused-ring (bicyclic) bond motifs is 2. The zero-order valence-corrected chi connectivity index (χ0v) is 27.3. The van der Waals surface area contributed by atoms with Gasteiger partial charge in [-0.25, -0.2) is 4.79 Å². The van der Waals surface area contributed by atoms with Crippen molar-refractivity contribution in [1.29, 1.82) is 0 Å². The minimum Gasteiger partial charge on any atom is -0.363 e. The Morgan fingerprint density at radius 2 is 1.52 bits per heavy atom. The molecule has 4 bridgehead atoms. The molecule has 1 saturated heterocycles. The van der Waals surface area contributed by atoms with Gasteiger partial charge in [-0.3, -0.25) is 19.2 Å². The summed E-state index contributed by atoms with van der Waals surface area (Å²) in [5.41, 5.74) is 7.32. The van der Waals surface area contributed by atoms with Crippen molar-refractivity contribution in [2.75, 3.05) is 6.54 Å². The molecule has 3 unspecified atom stereocenters. The number of primary amides is 1. The Labute approximate surface area is 271 Å². The second-order valence-electron chi connectivity index (χ2n) is 16.2. The zero-order chi connectivity index (χ0) is 32.5. The molecule has 0 radical (unpaired) electrons. The van der Waals surface area contributed by atoms with Crippen molar-refractivity contribution in [3.05, 3.63) is 35.4 Å². The molecule has 10 heteroatoms. The minimum absolute atomic E-state index is 0.0790. The molecule has 0 aromatic heterocycles. The molecule has 1 aromatic rings. The molecule has 0 spiro atoms. The predicted molar refractivity (Wildman–Crippen MR) is 171 cm³/mol. The number of ketones is 1. The maximum atomic E-state index is 14.7. The molecule has 1 aliphatic heterocycles. The number of Topliss-reactive ketones (excluding diaryl/α,β-unsaturated/α-hetero) is 1. The van der Waals surface area contributed by atoms with Crippen LogP contribution >= 0.6 is 0 Å². The van der Waals surface area contributed by atoms with E-state index in [0.717, 1.165) is 19.3 Å². The van der Waals surface area contributed by atoms with Crippen LogP contribution in [-0.2, 0) is 32.0 Å². The van der Waals surface area contributed by atoms with Crippen LogP contribution in [0.2, 0.25) is 0 Å². The monoisotopic (exact) mass is 631 g/mol. The molecule has 6 aliphatic carbocycles. The average Bonchev–Trinajstić information content (AvgIpc) is 3.35. The molecular weight excluding hydrogens is 582 g/mol. The molecule has 5 atom stereocenters. The molecule has 1 heterocycles. The van der Waals surface area contributed by atoms with Gasteiger partial charge in [-0.15, -0.1) is 0 Å². The first-order valence-corrected chi connectivity index (χ1v) is 17.5. The van der Waals surface area contributed by atoms with Gasteiger partial charge < -0.3 is 26.6 Å². The van der Waals surface area contributed by atoms with Crippen molar-refractivity contribution >= 4 is 29.5 Å². The number of nitrogens with zero attached hydrogens (tertiary/aromatic N) is 1. The van der Waals surface area contributed by atoms with E-state index in [-0.39, 0.29) is 47.1 Å². The van der Waals surface area contributed by atoms with Crippen molar-refractivity contribution in [2.24, 2.45) is 46.7 Å². The lowest BCUT2D eigenvalue weighted by atomic mass is 9.53. The van der Waals surface area contributed by atoms with Gasteiger partial charge in [0, 0.05) is 12.1 Å². The molecule has 8 rings (SSSR count). The maximum absolute atomic E-state index is 14.7. The lowest BCUT2D eigenvalue weighted by Gasteiger charge is -2.56. The second-order valence-corrected chi connectivity index (χ2v) is 16.2. The van der Waals surface area contributed by atoms with E-state index in [1.165, 1.54) is 30.4 Å². The highest BCUT2D eigenvalue weighted by Crippen LogP contribution is 2.65. The van der Waals surface area contributed by atoms with Gasteiger partial charge in [-0.05, 0) is 110 Å². The number of carbonyl (C=O) groups excluding carboxylic acids is 5. The molecule has 5 amide bonds. The first-order chi connectivity index (χ1) is 21.9. The van der Waals surface area contributed by atoms with Crippen LogP contribution in [0.15, 0.2) is 24.3 Å². The van der Waals surface area contributed by atoms with Gasteiger partial charge >= 0.3 is 6.03 Å². The van der Waals surface area contributed by atoms with E-state index in [1.54, 1.807) is 4.90 Å². The molecule has 10 nitrogen and oxygen atoms in total. The van der Waals surface area contributed by atoms with Crippen molar-refractivity contribution < 1.29 is 24.0 Å². The molecular formula is C36H49N5O5. The molecule has 46 heavy (non-hydrogen) atoms. The smallest absolute Gasteiger partial charge is 0.315 e. The third kappa shape index (κ3) is 5.39. The van der Waals surface area contributed by atoms with Crippen LogP contribution in [0.25, 0.3) is 0 Å². The Morgan fingerprint density at radius 3 is 2.07 bits per heavy atom. The fraction of sp³-hybridized carbons (Fsp3) is 0.694. The first-order valence-electron chi connectivity index (χ1n) is 17.5. The summed E-state index contributed by atoms with van der Waals surface area (Å²) >= 11 is 0. The molecule has 5 saturated carbocycles.